The van der Waals surface area contributed by atoms with Crippen LogP contribution in [0.25, 0.3) is 0 Å². The zero-order valence-corrected chi connectivity index (χ0v) is 15.6. The zero-order valence-electron chi connectivity index (χ0n) is 14.8. The SMILES string of the molecule is CCOCCCN(CC(=O)Nc1nc(C)cs1)C(=O)c1ccc(F)cc1. The standard InChI is InChI=1S/C18H22FN3O3S/c1-3-25-10-4-9-22(17(24)14-5-7-15(19)8-6-14)11-16(23)21-18-20-13(2)12-26-18/h5-8,12H,3-4,9-11H2,1-2H3,(H,20,21,23). The van der Waals surface area contributed by atoms with Gasteiger partial charge >= 0.3 is 0 Å². The summed E-state index contributed by atoms with van der Waals surface area (Å²) < 4.78 is 18.4. The van der Waals surface area contributed by atoms with Crippen molar-refractivity contribution in [3.63, 3.8) is 0 Å². The van der Waals surface area contributed by atoms with E-state index >= 15 is 0 Å². The van der Waals surface area contributed by atoms with Crippen molar-refractivity contribution < 1.29 is 18.7 Å². The van der Waals surface area contributed by atoms with Crippen LogP contribution in [0.3, 0.4) is 0 Å². The van der Waals surface area contributed by atoms with Gasteiger partial charge in [0.15, 0.2) is 5.13 Å². The highest BCUT2D eigenvalue weighted by atomic mass is 32.1. The molecule has 0 bridgehead atoms. The number of ether oxygens (including phenoxy) is 1. The highest BCUT2D eigenvalue weighted by molar-refractivity contribution is 7.13. The van der Waals surface area contributed by atoms with Crippen molar-refractivity contribution >= 4 is 28.3 Å². The minimum absolute atomic E-state index is 0.110. The first kappa shape index (κ1) is 20.0. The number of benzene rings is 1. The lowest BCUT2D eigenvalue weighted by atomic mass is 10.2. The van der Waals surface area contributed by atoms with Crippen molar-refractivity contribution in [2.45, 2.75) is 20.3 Å². The predicted molar refractivity (Wildman–Crippen MR) is 98.9 cm³/mol. The first-order valence-corrected chi connectivity index (χ1v) is 9.22. The molecular weight excluding hydrogens is 357 g/mol. The fraction of sp³-hybridized carbons (Fsp3) is 0.389. The summed E-state index contributed by atoms with van der Waals surface area (Å²) in [6, 6.07) is 5.28. The molecule has 1 aromatic heterocycles. The summed E-state index contributed by atoms with van der Waals surface area (Å²) in [5.41, 5.74) is 1.15. The predicted octanol–water partition coefficient (Wildman–Crippen LogP) is 3.10. The van der Waals surface area contributed by atoms with Gasteiger partial charge in [0, 0.05) is 30.7 Å². The van der Waals surface area contributed by atoms with E-state index < -0.39 is 5.82 Å². The number of carbonyl (C=O) groups excluding carboxylic acids is 2. The molecule has 26 heavy (non-hydrogen) atoms. The molecule has 0 aliphatic rings. The molecule has 0 unspecified atom stereocenters. The van der Waals surface area contributed by atoms with Crippen molar-refractivity contribution in [2.75, 3.05) is 31.6 Å². The lowest BCUT2D eigenvalue weighted by Gasteiger charge is -2.22. The van der Waals surface area contributed by atoms with Crippen LogP contribution in [0.15, 0.2) is 29.6 Å². The van der Waals surface area contributed by atoms with Crippen LogP contribution in [-0.2, 0) is 9.53 Å². The molecule has 0 aliphatic heterocycles. The summed E-state index contributed by atoms with van der Waals surface area (Å²) in [6.45, 7) is 5.07. The average Bonchev–Trinajstić information content (AvgIpc) is 3.02. The number of nitrogens with one attached hydrogen (secondary N) is 1. The second-order valence-corrected chi connectivity index (χ2v) is 6.48. The summed E-state index contributed by atoms with van der Waals surface area (Å²) >= 11 is 1.33. The summed E-state index contributed by atoms with van der Waals surface area (Å²) in [5, 5.41) is 5.02. The molecule has 140 valence electrons. The molecule has 0 saturated heterocycles. The van der Waals surface area contributed by atoms with Gasteiger partial charge in [-0.1, -0.05) is 0 Å². The maximum atomic E-state index is 13.1. The Labute approximate surface area is 156 Å². The molecule has 0 saturated carbocycles. The molecular formula is C18H22FN3O3S. The number of hydrogen-bond acceptors (Lipinski definition) is 5. The van der Waals surface area contributed by atoms with Gasteiger partial charge < -0.3 is 15.0 Å². The van der Waals surface area contributed by atoms with E-state index in [1.54, 1.807) is 0 Å². The molecule has 8 heteroatoms. The Hall–Kier alpha value is -2.32. The minimum Gasteiger partial charge on any atom is -0.382 e. The number of nitrogens with zero attached hydrogens (tertiary/aromatic N) is 2. The van der Waals surface area contributed by atoms with E-state index in [2.05, 4.69) is 10.3 Å². The summed E-state index contributed by atoms with van der Waals surface area (Å²) in [5.74, 6) is -1.07. The number of carbonyl (C=O) groups is 2. The van der Waals surface area contributed by atoms with Crippen LogP contribution in [-0.4, -0.2) is 48.0 Å². The fourth-order valence-electron chi connectivity index (χ4n) is 2.27. The zero-order chi connectivity index (χ0) is 18.9. The fourth-order valence-corrected chi connectivity index (χ4v) is 2.98. The normalized spacial score (nSPS) is 10.6. The summed E-state index contributed by atoms with van der Waals surface area (Å²) in [6.07, 6.45) is 0.602. The topological polar surface area (TPSA) is 71.5 Å². The molecule has 0 atom stereocenters. The van der Waals surface area contributed by atoms with Crippen LogP contribution >= 0.6 is 11.3 Å². The van der Waals surface area contributed by atoms with Crippen LogP contribution < -0.4 is 5.32 Å². The van der Waals surface area contributed by atoms with Crippen LogP contribution in [0, 0.1) is 12.7 Å². The van der Waals surface area contributed by atoms with Gasteiger partial charge in [0.1, 0.15) is 12.4 Å². The molecule has 6 nitrogen and oxygen atoms in total. The third-order valence-electron chi connectivity index (χ3n) is 3.50. The van der Waals surface area contributed by atoms with E-state index in [0.717, 1.165) is 5.69 Å². The second-order valence-electron chi connectivity index (χ2n) is 5.63. The number of rotatable bonds is 9. The molecule has 0 fully saturated rings. The van der Waals surface area contributed by atoms with Gasteiger partial charge in [-0.2, -0.15) is 0 Å². The Morgan fingerprint density at radius 1 is 1.31 bits per heavy atom. The van der Waals surface area contributed by atoms with Crippen molar-refractivity contribution in [1.29, 1.82) is 0 Å². The Morgan fingerprint density at radius 3 is 2.65 bits per heavy atom. The molecule has 0 aliphatic carbocycles. The Bertz CT molecular complexity index is 734. The van der Waals surface area contributed by atoms with E-state index in [9.17, 15) is 14.0 Å². The summed E-state index contributed by atoms with van der Waals surface area (Å²) in [4.78, 5) is 30.6. The van der Waals surface area contributed by atoms with E-state index in [1.807, 2.05) is 19.2 Å². The number of anilines is 1. The third-order valence-corrected chi connectivity index (χ3v) is 4.37. The Morgan fingerprint density at radius 2 is 2.04 bits per heavy atom. The molecule has 2 aromatic rings. The maximum Gasteiger partial charge on any atom is 0.254 e. The molecule has 0 spiro atoms. The molecule has 1 aromatic carbocycles. The van der Waals surface area contributed by atoms with Crippen molar-refractivity contribution in [3.8, 4) is 0 Å². The Kier molecular flexibility index (Phi) is 7.68. The van der Waals surface area contributed by atoms with Gasteiger partial charge in [-0.3, -0.25) is 9.59 Å². The van der Waals surface area contributed by atoms with Gasteiger partial charge in [0.05, 0.1) is 5.69 Å². The van der Waals surface area contributed by atoms with E-state index in [-0.39, 0.29) is 18.4 Å². The highest BCUT2D eigenvalue weighted by Crippen LogP contribution is 2.14. The van der Waals surface area contributed by atoms with Gasteiger partial charge in [-0.25, -0.2) is 9.37 Å². The van der Waals surface area contributed by atoms with Crippen molar-refractivity contribution in [3.05, 3.63) is 46.7 Å². The van der Waals surface area contributed by atoms with Crippen LogP contribution in [0.1, 0.15) is 29.4 Å². The number of hydrogen-bond donors (Lipinski definition) is 1. The molecule has 2 amide bonds. The van der Waals surface area contributed by atoms with E-state index in [1.165, 1.54) is 40.5 Å². The van der Waals surface area contributed by atoms with Gasteiger partial charge in [-0.05, 0) is 44.5 Å². The largest absolute Gasteiger partial charge is 0.382 e. The van der Waals surface area contributed by atoms with E-state index in [0.29, 0.717) is 36.9 Å². The minimum atomic E-state index is -0.415. The smallest absolute Gasteiger partial charge is 0.254 e. The van der Waals surface area contributed by atoms with Crippen molar-refractivity contribution in [1.82, 2.24) is 9.88 Å². The highest BCUT2D eigenvalue weighted by Gasteiger charge is 2.19. The number of halogens is 1. The van der Waals surface area contributed by atoms with Gasteiger partial charge in [0.25, 0.3) is 5.91 Å². The lowest BCUT2D eigenvalue weighted by Crippen LogP contribution is -2.39. The van der Waals surface area contributed by atoms with Crippen molar-refractivity contribution in [2.24, 2.45) is 0 Å². The second kappa shape index (κ2) is 9.98. The first-order chi connectivity index (χ1) is 12.5. The maximum absolute atomic E-state index is 13.1. The van der Waals surface area contributed by atoms with E-state index in [4.69, 9.17) is 4.74 Å². The quantitative estimate of drug-likeness (QED) is 0.680. The number of aryl methyl sites for hydroxylation is 1. The molecule has 2 rings (SSSR count). The van der Waals surface area contributed by atoms with Crippen LogP contribution in [0.5, 0.6) is 0 Å². The van der Waals surface area contributed by atoms with Crippen LogP contribution in [0.2, 0.25) is 0 Å². The number of amides is 2. The van der Waals surface area contributed by atoms with Gasteiger partial charge in [-0.15, -0.1) is 11.3 Å². The molecule has 1 N–H and O–H groups in total. The Balaban J connectivity index is 2.02. The molecule has 0 radical (unpaired) electrons. The number of thiazole rings is 1. The number of aromatic nitrogens is 1. The monoisotopic (exact) mass is 379 g/mol. The van der Waals surface area contributed by atoms with Gasteiger partial charge in [0.2, 0.25) is 5.91 Å². The first-order valence-electron chi connectivity index (χ1n) is 8.34. The molecule has 1 heterocycles. The summed E-state index contributed by atoms with van der Waals surface area (Å²) in [7, 11) is 0. The third kappa shape index (κ3) is 6.20. The van der Waals surface area contributed by atoms with Crippen LogP contribution in [0.4, 0.5) is 9.52 Å². The average molecular weight is 379 g/mol. The lowest BCUT2D eigenvalue weighted by molar-refractivity contribution is -0.116.